The van der Waals surface area contributed by atoms with E-state index in [1.165, 1.54) is 6.33 Å². The lowest BCUT2D eigenvalue weighted by atomic mass is 10.0. The van der Waals surface area contributed by atoms with Crippen LogP contribution in [0.5, 0.6) is 0 Å². The molecule has 1 unspecified atom stereocenters. The Morgan fingerprint density at radius 1 is 1.38 bits per heavy atom. The van der Waals surface area contributed by atoms with Gasteiger partial charge in [-0.15, -0.1) is 0 Å². The van der Waals surface area contributed by atoms with Crippen LogP contribution in [-0.2, 0) is 16.4 Å². The van der Waals surface area contributed by atoms with Gasteiger partial charge in [-0.3, -0.25) is 5.10 Å². The number of hydrogen-bond acceptors (Lipinski definition) is 5. The zero-order chi connectivity index (χ0) is 14.9. The number of hydrogen-bond donors (Lipinski definition) is 3. The summed E-state index contributed by atoms with van der Waals surface area (Å²) >= 11 is 0. The summed E-state index contributed by atoms with van der Waals surface area (Å²) in [6, 6.07) is 4.71. The lowest BCUT2D eigenvalue weighted by molar-refractivity contribution is 0.560. The van der Waals surface area contributed by atoms with Crippen LogP contribution in [0.25, 0.3) is 0 Å². The number of H-pyrrole nitrogens is 1. The Hall–Kier alpha value is -1.93. The van der Waals surface area contributed by atoms with Gasteiger partial charge in [0, 0.05) is 12.2 Å². The molecule has 21 heavy (non-hydrogen) atoms. The summed E-state index contributed by atoms with van der Waals surface area (Å²) in [6.45, 7) is 2.65. The molecule has 0 saturated carbocycles. The number of aryl methyl sites for hydroxylation is 1. The van der Waals surface area contributed by atoms with E-state index >= 15 is 0 Å². The van der Waals surface area contributed by atoms with E-state index in [1.54, 1.807) is 19.1 Å². The SMILES string of the molecule is CC(NS(=O)(=O)c1ccc2c(c1)CCCN2)c1ncn[nH]1. The minimum Gasteiger partial charge on any atom is -0.385 e. The fraction of sp³-hybridized carbons (Fsp3) is 0.385. The van der Waals surface area contributed by atoms with Gasteiger partial charge in [-0.05, 0) is 43.5 Å². The molecule has 0 fully saturated rings. The van der Waals surface area contributed by atoms with Gasteiger partial charge >= 0.3 is 0 Å². The molecule has 8 heteroatoms. The molecule has 1 aliphatic heterocycles. The number of rotatable bonds is 4. The molecule has 1 aliphatic rings. The van der Waals surface area contributed by atoms with E-state index < -0.39 is 16.1 Å². The zero-order valence-electron chi connectivity index (χ0n) is 11.6. The van der Waals surface area contributed by atoms with Crippen LogP contribution in [-0.4, -0.2) is 30.1 Å². The smallest absolute Gasteiger partial charge is 0.241 e. The van der Waals surface area contributed by atoms with E-state index in [4.69, 9.17) is 0 Å². The number of nitrogens with one attached hydrogen (secondary N) is 3. The molecule has 3 N–H and O–H groups in total. The van der Waals surface area contributed by atoms with Crippen LogP contribution in [0.15, 0.2) is 29.4 Å². The Bertz CT molecular complexity index is 727. The molecule has 112 valence electrons. The van der Waals surface area contributed by atoms with Gasteiger partial charge in [0.2, 0.25) is 10.0 Å². The minimum atomic E-state index is -3.58. The Morgan fingerprint density at radius 2 is 2.24 bits per heavy atom. The van der Waals surface area contributed by atoms with Crippen LogP contribution in [0.3, 0.4) is 0 Å². The Balaban J connectivity index is 1.84. The second-order valence-electron chi connectivity index (χ2n) is 5.06. The molecule has 0 saturated heterocycles. The molecule has 1 atom stereocenters. The van der Waals surface area contributed by atoms with Crippen molar-refractivity contribution in [3.63, 3.8) is 0 Å². The topological polar surface area (TPSA) is 99.8 Å². The first-order valence-electron chi connectivity index (χ1n) is 6.81. The van der Waals surface area contributed by atoms with Crippen LogP contribution < -0.4 is 10.0 Å². The summed E-state index contributed by atoms with van der Waals surface area (Å²) in [6.07, 6.45) is 3.26. The first-order chi connectivity index (χ1) is 10.1. The average molecular weight is 307 g/mol. The molecule has 0 spiro atoms. The number of sulfonamides is 1. The molecule has 2 heterocycles. The summed E-state index contributed by atoms with van der Waals surface area (Å²) in [5.74, 6) is 0.484. The van der Waals surface area contributed by atoms with E-state index in [-0.39, 0.29) is 4.90 Å². The van der Waals surface area contributed by atoms with Crippen LogP contribution in [0, 0.1) is 0 Å². The molecule has 0 aliphatic carbocycles. The third-order valence-corrected chi connectivity index (χ3v) is 5.04. The highest BCUT2D eigenvalue weighted by atomic mass is 32.2. The Morgan fingerprint density at radius 3 is 3.00 bits per heavy atom. The predicted octanol–water partition coefficient (Wildman–Crippen LogP) is 1.20. The van der Waals surface area contributed by atoms with Gasteiger partial charge in [0.15, 0.2) is 0 Å². The van der Waals surface area contributed by atoms with Gasteiger partial charge in [0.1, 0.15) is 12.2 Å². The third kappa shape index (κ3) is 2.91. The molecule has 7 nitrogen and oxygen atoms in total. The second kappa shape index (κ2) is 5.45. The lowest BCUT2D eigenvalue weighted by Gasteiger charge is -2.19. The average Bonchev–Trinajstić information content (AvgIpc) is 3.00. The zero-order valence-corrected chi connectivity index (χ0v) is 12.4. The number of anilines is 1. The van der Waals surface area contributed by atoms with Gasteiger partial charge in [0.05, 0.1) is 10.9 Å². The van der Waals surface area contributed by atoms with Crippen molar-refractivity contribution in [3.05, 3.63) is 35.9 Å². The van der Waals surface area contributed by atoms with Gasteiger partial charge in [-0.2, -0.15) is 5.10 Å². The first-order valence-corrected chi connectivity index (χ1v) is 8.29. The molecule has 0 bridgehead atoms. The van der Waals surface area contributed by atoms with E-state index in [2.05, 4.69) is 25.2 Å². The van der Waals surface area contributed by atoms with Crippen LogP contribution in [0.2, 0.25) is 0 Å². The van der Waals surface area contributed by atoms with Crippen molar-refractivity contribution >= 4 is 15.7 Å². The fourth-order valence-electron chi connectivity index (χ4n) is 2.40. The monoisotopic (exact) mass is 307 g/mol. The minimum absolute atomic E-state index is 0.274. The standard InChI is InChI=1S/C13H17N5O2S/c1-9(13-15-8-16-17-13)18-21(19,20)11-4-5-12-10(7-11)3-2-6-14-12/h4-5,7-9,14,18H,2-3,6H2,1H3,(H,15,16,17). The summed E-state index contributed by atoms with van der Waals surface area (Å²) in [7, 11) is -3.58. The maximum Gasteiger partial charge on any atom is 0.241 e. The molecule has 1 aromatic heterocycles. The third-order valence-electron chi connectivity index (χ3n) is 3.50. The van der Waals surface area contributed by atoms with Crippen molar-refractivity contribution in [3.8, 4) is 0 Å². The van der Waals surface area contributed by atoms with Crippen molar-refractivity contribution < 1.29 is 8.42 Å². The van der Waals surface area contributed by atoms with Gasteiger partial charge in [-0.1, -0.05) is 0 Å². The van der Waals surface area contributed by atoms with E-state index in [0.29, 0.717) is 5.82 Å². The molecular formula is C13H17N5O2S. The highest BCUT2D eigenvalue weighted by Gasteiger charge is 2.21. The van der Waals surface area contributed by atoms with Gasteiger partial charge < -0.3 is 5.32 Å². The van der Waals surface area contributed by atoms with Crippen molar-refractivity contribution in [1.29, 1.82) is 0 Å². The van der Waals surface area contributed by atoms with Crippen molar-refractivity contribution in [2.75, 3.05) is 11.9 Å². The van der Waals surface area contributed by atoms with E-state index in [0.717, 1.165) is 30.6 Å². The van der Waals surface area contributed by atoms with Gasteiger partial charge in [0.25, 0.3) is 0 Å². The van der Waals surface area contributed by atoms with Crippen molar-refractivity contribution in [1.82, 2.24) is 19.9 Å². The Kier molecular flexibility index (Phi) is 3.64. The maximum atomic E-state index is 12.4. The summed E-state index contributed by atoms with van der Waals surface area (Å²) in [5, 5.41) is 9.65. The number of benzene rings is 1. The summed E-state index contributed by atoms with van der Waals surface area (Å²) in [5.41, 5.74) is 2.06. The van der Waals surface area contributed by atoms with Crippen LogP contribution in [0.4, 0.5) is 5.69 Å². The maximum absolute atomic E-state index is 12.4. The normalized spacial score (nSPS) is 16.0. The number of nitrogens with zero attached hydrogens (tertiary/aromatic N) is 2. The van der Waals surface area contributed by atoms with Crippen LogP contribution in [0.1, 0.15) is 30.8 Å². The Labute approximate surface area is 123 Å². The lowest BCUT2D eigenvalue weighted by Crippen LogP contribution is -2.28. The van der Waals surface area contributed by atoms with Crippen molar-refractivity contribution in [2.24, 2.45) is 0 Å². The van der Waals surface area contributed by atoms with Crippen LogP contribution >= 0.6 is 0 Å². The second-order valence-corrected chi connectivity index (χ2v) is 6.78. The predicted molar refractivity (Wildman–Crippen MR) is 78.4 cm³/mol. The summed E-state index contributed by atoms with van der Waals surface area (Å²) in [4.78, 5) is 4.23. The largest absolute Gasteiger partial charge is 0.385 e. The number of fused-ring (bicyclic) bond motifs is 1. The molecule has 1 aromatic carbocycles. The molecule has 3 rings (SSSR count). The molecular weight excluding hydrogens is 290 g/mol. The summed E-state index contributed by atoms with van der Waals surface area (Å²) < 4.78 is 27.5. The molecule has 2 aromatic rings. The fourth-order valence-corrected chi connectivity index (χ4v) is 3.66. The van der Waals surface area contributed by atoms with Gasteiger partial charge in [-0.25, -0.2) is 18.1 Å². The number of aromatic amines is 1. The molecule has 0 radical (unpaired) electrons. The quantitative estimate of drug-likeness (QED) is 0.788. The number of aromatic nitrogens is 3. The molecule has 0 amide bonds. The van der Waals surface area contributed by atoms with E-state index in [1.807, 2.05) is 6.07 Å². The van der Waals surface area contributed by atoms with Crippen molar-refractivity contribution in [2.45, 2.75) is 30.7 Å². The highest BCUT2D eigenvalue weighted by molar-refractivity contribution is 7.89. The highest BCUT2D eigenvalue weighted by Crippen LogP contribution is 2.25. The first kappa shape index (κ1) is 14.0. The van der Waals surface area contributed by atoms with E-state index in [9.17, 15) is 8.42 Å².